The molecule has 1 amide bonds. The molecule has 0 aliphatic heterocycles. The Hall–Kier alpha value is -2.67. The molecule has 0 aliphatic carbocycles. The van der Waals surface area contributed by atoms with Crippen LogP contribution in [-0.4, -0.2) is 25.5 Å². The molecule has 3 rings (SSSR count). The van der Waals surface area contributed by atoms with Crippen LogP contribution in [0.2, 0.25) is 5.02 Å². The number of nitrogens with zero attached hydrogens (tertiary/aromatic N) is 4. The van der Waals surface area contributed by atoms with E-state index in [1.165, 1.54) is 16.8 Å². The summed E-state index contributed by atoms with van der Waals surface area (Å²) < 4.78 is 16.4. The number of benzene rings is 1. The van der Waals surface area contributed by atoms with Gasteiger partial charge in [0.2, 0.25) is 0 Å². The maximum absolute atomic E-state index is 13.2. The summed E-state index contributed by atoms with van der Waals surface area (Å²) in [5.41, 5.74) is 1.89. The number of carbonyl (C=O) groups is 1. The molecule has 0 atom stereocenters. The average molecular weight is 348 g/mol. The Bertz CT molecular complexity index is 882. The van der Waals surface area contributed by atoms with E-state index >= 15 is 0 Å². The Morgan fingerprint density at radius 3 is 2.79 bits per heavy atom. The summed E-state index contributed by atoms with van der Waals surface area (Å²) in [5.74, 6) is -0.470. The molecule has 0 radical (unpaired) electrons. The zero-order valence-electron chi connectivity index (χ0n) is 13.1. The van der Waals surface area contributed by atoms with Crippen LogP contribution in [0.5, 0.6) is 0 Å². The second-order valence-electron chi connectivity index (χ2n) is 5.40. The Labute approximate surface area is 142 Å². The summed E-state index contributed by atoms with van der Waals surface area (Å²) in [5, 5.41) is 11.3. The standard InChI is InChI=1S/C16H15ClFN5O/c1-10-6-14(20-22(10)2)16(24)19-15-13(17)9-23(21-15)8-11-4-3-5-12(18)7-11/h3-7,9H,8H2,1-2H3,(H,19,21,24). The van der Waals surface area contributed by atoms with E-state index in [-0.39, 0.29) is 17.3 Å². The van der Waals surface area contributed by atoms with Crippen LogP contribution in [0.15, 0.2) is 36.5 Å². The van der Waals surface area contributed by atoms with E-state index in [0.717, 1.165) is 11.3 Å². The van der Waals surface area contributed by atoms with Crippen LogP contribution in [0.25, 0.3) is 0 Å². The van der Waals surface area contributed by atoms with E-state index in [9.17, 15) is 9.18 Å². The van der Waals surface area contributed by atoms with E-state index in [2.05, 4.69) is 15.5 Å². The third-order valence-electron chi connectivity index (χ3n) is 3.53. The average Bonchev–Trinajstić information content (AvgIpc) is 3.02. The lowest BCUT2D eigenvalue weighted by Crippen LogP contribution is -2.14. The van der Waals surface area contributed by atoms with Gasteiger partial charge in [-0.25, -0.2) is 4.39 Å². The number of nitrogens with one attached hydrogen (secondary N) is 1. The molecule has 0 bridgehead atoms. The minimum Gasteiger partial charge on any atom is -0.302 e. The number of aromatic nitrogens is 4. The molecule has 0 aliphatic rings. The van der Waals surface area contributed by atoms with Crippen molar-refractivity contribution in [2.24, 2.45) is 7.05 Å². The minimum absolute atomic E-state index is 0.237. The van der Waals surface area contributed by atoms with Gasteiger partial charge in [-0.1, -0.05) is 23.7 Å². The van der Waals surface area contributed by atoms with Gasteiger partial charge in [-0.3, -0.25) is 14.2 Å². The summed E-state index contributed by atoms with van der Waals surface area (Å²) in [6, 6.07) is 7.88. The van der Waals surface area contributed by atoms with Gasteiger partial charge in [0.15, 0.2) is 11.5 Å². The smallest absolute Gasteiger partial charge is 0.277 e. The first-order valence-corrected chi connectivity index (χ1v) is 7.59. The Balaban J connectivity index is 1.75. The Kier molecular flexibility index (Phi) is 4.35. The Morgan fingerprint density at radius 1 is 1.33 bits per heavy atom. The van der Waals surface area contributed by atoms with E-state index in [1.54, 1.807) is 36.1 Å². The van der Waals surface area contributed by atoms with Gasteiger partial charge < -0.3 is 5.32 Å². The Morgan fingerprint density at radius 2 is 2.12 bits per heavy atom. The van der Waals surface area contributed by atoms with Gasteiger partial charge in [0.25, 0.3) is 5.91 Å². The zero-order valence-corrected chi connectivity index (χ0v) is 13.9. The molecule has 3 aromatic rings. The van der Waals surface area contributed by atoms with Gasteiger partial charge in [0, 0.05) is 18.9 Å². The van der Waals surface area contributed by atoms with Crippen molar-refractivity contribution in [1.29, 1.82) is 0 Å². The first-order chi connectivity index (χ1) is 11.4. The van der Waals surface area contributed by atoms with Gasteiger partial charge >= 0.3 is 0 Å². The maximum atomic E-state index is 13.2. The summed E-state index contributed by atoms with van der Waals surface area (Å²) in [7, 11) is 1.76. The minimum atomic E-state index is -0.392. The first kappa shape index (κ1) is 16.2. The SMILES string of the molecule is Cc1cc(C(=O)Nc2nn(Cc3cccc(F)c3)cc2Cl)nn1C. The molecule has 0 spiro atoms. The van der Waals surface area contributed by atoms with Gasteiger partial charge in [-0.05, 0) is 30.7 Å². The van der Waals surface area contributed by atoms with Gasteiger partial charge in [0.05, 0.1) is 6.54 Å². The zero-order chi connectivity index (χ0) is 17.3. The predicted octanol–water partition coefficient (Wildman–Crippen LogP) is 3.02. The normalized spacial score (nSPS) is 10.8. The first-order valence-electron chi connectivity index (χ1n) is 7.22. The molecule has 2 heterocycles. The molecule has 8 heteroatoms. The van der Waals surface area contributed by atoms with E-state index in [1.807, 2.05) is 6.92 Å². The molecule has 0 fully saturated rings. The van der Waals surface area contributed by atoms with E-state index < -0.39 is 5.91 Å². The van der Waals surface area contributed by atoms with Crippen LogP contribution in [0, 0.1) is 12.7 Å². The molecule has 0 saturated carbocycles. The molecule has 24 heavy (non-hydrogen) atoms. The number of halogens is 2. The lowest BCUT2D eigenvalue weighted by molar-refractivity contribution is 0.102. The highest BCUT2D eigenvalue weighted by atomic mass is 35.5. The maximum Gasteiger partial charge on any atom is 0.277 e. The van der Waals surface area contributed by atoms with Crippen LogP contribution in [-0.2, 0) is 13.6 Å². The fraction of sp³-hybridized carbons (Fsp3) is 0.188. The van der Waals surface area contributed by atoms with Gasteiger partial charge in [0.1, 0.15) is 10.8 Å². The lowest BCUT2D eigenvalue weighted by Gasteiger charge is -2.02. The quantitative estimate of drug-likeness (QED) is 0.789. The number of hydrogen-bond donors (Lipinski definition) is 1. The fourth-order valence-corrected chi connectivity index (χ4v) is 2.43. The highest BCUT2D eigenvalue weighted by Crippen LogP contribution is 2.21. The van der Waals surface area contributed by atoms with Crippen molar-refractivity contribution in [3.63, 3.8) is 0 Å². The fourth-order valence-electron chi connectivity index (χ4n) is 2.23. The number of amides is 1. The number of anilines is 1. The van der Waals surface area contributed by atoms with Crippen molar-refractivity contribution in [1.82, 2.24) is 19.6 Å². The van der Waals surface area contributed by atoms with Crippen molar-refractivity contribution in [2.75, 3.05) is 5.32 Å². The van der Waals surface area contributed by atoms with E-state index in [0.29, 0.717) is 11.6 Å². The van der Waals surface area contributed by atoms with Crippen molar-refractivity contribution < 1.29 is 9.18 Å². The second kappa shape index (κ2) is 6.45. The highest BCUT2D eigenvalue weighted by Gasteiger charge is 2.15. The molecular formula is C16H15ClFN5O. The summed E-state index contributed by atoms with van der Waals surface area (Å²) >= 11 is 6.11. The third-order valence-corrected chi connectivity index (χ3v) is 3.81. The van der Waals surface area contributed by atoms with Crippen LogP contribution in [0.3, 0.4) is 0 Å². The van der Waals surface area contributed by atoms with Crippen molar-refractivity contribution in [3.05, 3.63) is 64.3 Å². The van der Waals surface area contributed by atoms with Gasteiger partial charge in [-0.15, -0.1) is 0 Å². The molecule has 0 saturated heterocycles. The summed E-state index contributed by atoms with van der Waals surface area (Å²) in [6.45, 7) is 2.19. The van der Waals surface area contributed by atoms with Gasteiger partial charge in [-0.2, -0.15) is 10.2 Å². The van der Waals surface area contributed by atoms with Crippen molar-refractivity contribution >= 4 is 23.3 Å². The van der Waals surface area contributed by atoms with Crippen molar-refractivity contribution in [2.45, 2.75) is 13.5 Å². The van der Waals surface area contributed by atoms with Crippen LogP contribution < -0.4 is 5.32 Å². The molecule has 1 N–H and O–H groups in total. The van der Waals surface area contributed by atoms with Crippen LogP contribution in [0.1, 0.15) is 21.7 Å². The number of rotatable bonds is 4. The molecule has 124 valence electrons. The van der Waals surface area contributed by atoms with Crippen LogP contribution in [0.4, 0.5) is 10.2 Å². The lowest BCUT2D eigenvalue weighted by atomic mass is 10.2. The van der Waals surface area contributed by atoms with E-state index in [4.69, 9.17) is 11.6 Å². The molecular weight excluding hydrogens is 333 g/mol. The molecule has 6 nitrogen and oxygen atoms in total. The highest BCUT2D eigenvalue weighted by molar-refractivity contribution is 6.33. The molecule has 0 unspecified atom stereocenters. The number of carbonyl (C=O) groups excluding carboxylic acids is 1. The third kappa shape index (κ3) is 3.46. The summed E-state index contributed by atoms with van der Waals surface area (Å²) in [6.07, 6.45) is 1.58. The summed E-state index contributed by atoms with van der Waals surface area (Å²) in [4.78, 5) is 12.2. The predicted molar refractivity (Wildman–Crippen MR) is 88.6 cm³/mol. The van der Waals surface area contributed by atoms with Crippen molar-refractivity contribution in [3.8, 4) is 0 Å². The number of aryl methyl sites for hydroxylation is 2. The largest absolute Gasteiger partial charge is 0.302 e. The number of hydrogen-bond acceptors (Lipinski definition) is 3. The van der Waals surface area contributed by atoms with Crippen LogP contribution >= 0.6 is 11.6 Å². The molecule has 1 aromatic carbocycles. The topological polar surface area (TPSA) is 64.7 Å². The molecule has 2 aromatic heterocycles. The second-order valence-corrected chi connectivity index (χ2v) is 5.81. The monoisotopic (exact) mass is 347 g/mol.